The lowest BCUT2D eigenvalue weighted by Gasteiger charge is -2.18. The van der Waals surface area contributed by atoms with Gasteiger partial charge in [-0.1, -0.05) is 12.1 Å². The summed E-state index contributed by atoms with van der Waals surface area (Å²) in [5.41, 5.74) is -1.19. The molecule has 0 saturated heterocycles. The number of methoxy groups -OCH3 is 3. The van der Waals surface area contributed by atoms with Crippen LogP contribution in [0.25, 0.3) is 0 Å². The van der Waals surface area contributed by atoms with Crippen LogP contribution in [0.4, 0.5) is 11.4 Å². The number of carbonyl (C=O) groups is 2. The van der Waals surface area contributed by atoms with Crippen LogP contribution in [-0.2, 0) is 14.3 Å². The Kier molecular flexibility index (Phi) is 6.52. The van der Waals surface area contributed by atoms with E-state index in [1.165, 1.54) is 39.5 Å². The molecule has 32 heavy (non-hydrogen) atoms. The van der Waals surface area contributed by atoms with Gasteiger partial charge in [0.25, 0.3) is 5.69 Å². The number of esters is 1. The number of para-hydroxylation sites is 2. The van der Waals surface area contributed by atoms with Gasteiger partial charge in [0.05, 0.1) is 32.9 Å². The van der Waals surface area contributed by atoms with Gasteiger partial charge in [-0.3, -0.25) is 19.7 Å². The first kappa shape index (κ1) is 22.9. The summed E-state index contributed by atoms with van der Waals surface area (Å²) >= 11 is 0. The molecular weight excluding hydrogens is 420 g/mol. The zero-order valence-electron chi connectivity index (χ0n) is 18.2. The first-order valence-electron chi connectivity index (χ1n) is 9.86. The highest BCUT2D eigenvalue weighted by Gasteiger charge is 2.67. The highest BCUT2D eigenvalue weighted by molar-refractivity contribution is 6.13. The number of amides is 1. The van der Waals surface area contributed by atoms with E-state index >= 15 is 0 Å². The number of carbonyl (C=O) groups excluding carboxylic acids is 2. The Morgan fingerprint density at radius 2 is 1.75 bits per heavy atom. The Hall–Kier alpha value is -3.82. The molecule has 0 radical (unpaired) electrons. The number of nitrogens with one attached hydrogen (secondary N) is 1. The van der Waals surface area contributed by atoms with Crippen LogP contribution >= 0.6 is 0 Å². The van der Waals surface area contributed by atoms with Crippen molar-refractivity contribution >= 4 is 23.3 Å². The fourth-order valence-corrected chi connectivity index (χ4v) is 3.77. The number of ether oxygens (including phenoxy) is 4. The van der Waals surface area contributed by atoms with Crippen molar-refractivity contribution < 1.29 is 33.5 Å². The monoisotopic (exact) mass is 444 g/mol. The van der Waals surface area contributed by atoms with Gasteiger partial charge in [0.15, 0.2) is 16.9 Å². The summed E-state index contributed by atoms with van der Waals surface area (Å²) in [5, 5.41) is 13.9. The van der Waals surface area contributed by atoms with Gasteiger partial charge in [-0.15, -0.1) is 0 Å². The van der Waals surface area contributed by atoms with E-state index in [1.54, 1.807) is 25.1 Å². The van der Waals surface area contributed by atoms with Crippen LogP contribution in [0.15, 0.2) is 36.4 Å². The van der Waals surface area contributed by atoms with E-state index in [0.717, 1.165) is 0 Å². The fourth-order valence-electron chi connectivity index (χ4n) is 3.77. The molecule has 0 bridgehead atoms. The van der Waals surface area contributed by atoms with E-state index in [9.17, 15) is 19.7 Å². The molecule has 0 unspecified atom stereocenters. The maximum absolute atomic E-state index is 13.3. The first-order valence-corrected chi connectivity index (χ1v) is 9.86. The number of nitro groups is 1. The lowest BCUT2D eigenvalue weighted by molar-refractivity contribution is -0.383. The molecule has 1 aliphatic carbocycles. The normalized spacial score (nSPS) is 18.9. The molecule has 1 saturated carbocycles. The lowest BCUT2D eigenvalue weighted by Crippen LogP contribution is -2.34. The summed E-state index contributed by atoms with van der Waals surface area (Å²) in [6.45, 7) is 1.73. The van der Waals surface area contributed by atoms with Crippen LogP contribution in [0, 0.1) is 15.5 Å². The minimum Gasteiger partial charge on any atom is -0.493 e. The fraction of sp³-hybridized carbons (Fsp3) is 0.364. The zero-order valence-corrected chi connectivity index (χ0v) is 18.2. The van der Waals surface area contributed by atoms with Crippen LogP contribution in [0.2, 0.25) is 0 Å². The molecule has 1 aliphatic rings. The third-order valence-corrected chi connectivity index (χ3v) is 5.44. The van der Waals surface area contributed by atoms with Gasteiger partial charge >= 0.3 is 5.97 Å². The largest absolute Gasteiger partial charge is 0.493 e. The number of nitrogens with zero attached hydrogens (tertiary/aromatic N) is 1. The van der Waals surface area contributed by atoms with Gasteiger partial charge in [-0.05, 0) is 37.1 Å². The first-order chi connectivity index (χ1) is 15.3. The standard InChI is InChI=1S/C22H24N2O8/c1-5-32-21(26)22(20(25)23-15-8-6-7-9-16(15)24(27)28)12-14(22)13-10-17(29-2)19(31-4)18(11-13)30-3/h6-11,14H,5,12H2,1-4H3,(H,23,25)/t14-,22+/m0/s1. The Morgan fingerprint density at radius 3 is 2.28 bits per heavy atom. The Bertz CT molecular complexity index is 1030. The van der Waals surface area contributed by atoms with E-state index < -0.39 is 28.1 Å². The average molecular weight is 444 g/mol. The van der Waals surface area contributed by atoms with Crippen LogP contribution < -0.4 is 19.5 Å². The molecule has 1 fully saturated rings. The van der Waals surface area contributed by atoms with Crippen molar-refractivity contribution in [1.82, 2.24) is 0 Å². The Morgan fingerprint density at radius 1 is 1.12 bits per heavy atom. The summed E-state index contributed by atoms with van der Waals surface area (Å²) in [4.78, 5) is 36.9. The van der Waals surface area contributed by atoms with E-state index in [-0.39, 0.29) is 24.4 Å². The maximum Gasteiger partial charge on any atom is 0.322 e. The number of anilines is 1. The molecule has 1 amide bonds. The predicted octanol–water partition coefficient (Wildman–Crippen LogP) is 3.30. The number of nitro benzene ring substituents is 1. The van der Waals surface area contributed by atoms with E-state index in [0.29, 0.717) is 22.8 Å². The predicted molar refractivity (Wildman–Crippen MR) is 114 cm³/mol. The molecule has 2 aromatic carbocycles. The number of benzene rings is 2. The summed E-state index contributed by atoms with van der Waals surface area (Å²) < 4.78 is 21.3. The van der Waals surface area contributed by atoms with E-state index in [4.69, 9.17) is 18.9 Å². The minimum absolute atomic E-state index is 0.00159. The summed E-state index contributed by atoms with van der Waals surface area (Å²) in [7, 11) is 4.40. The lowest BCUT2D eigenvalue weighted by atomic mass is 9.97. The summed E-state index contributed by atoms with van der Waals surface area (Å²) in [5.74, 6) is -0.779. The highest BCUT2D eigenvalue weighted by Crippen LogP contribution is 2.62. The van der Waals surface area contributed by atoms with E-state index in [2.05, 4.69) is 5.32 Å². The van der Waals surface area contributed by atoms with Gasteiger partial charge < -0.3 is 24.3 Å². The van der Waals surface area contributed by atoms with Crippen molar-refractivity contribution in [3.8, 4) is 17.2 Å². The maximum atomic E-state index is 13.3. The molecule has 10 nitrogen and oxygen atoms in total. The Balaban J connectivity index is 2.01. The van der Waals surface area contributed by atoms with Crippen molar-refractivity contribution in [3.63, 3.8) is 0 Å². The smallest absolute Gasteiger partial charge is 0.322 e. The second kappa shape index (κ2) is 9.13. The molecule has 2 atom stereocenters. The van der Waals surface area contributed by atoms with Crippen molar-refractivity contribution in [2.24, 2.45) is 5.41 Å². The van der Waals surface area contributed by atoms with Gasteiger partial charge in [-0.25, -0.2) is 0 Å². The van der Waals surface area contributed by atoms with Gasteiger partial charge in [0, 0.05) is 12.0 Å². The second-order valence-electron chi connectivity index (χ2n) is 7.14. The average Bonchev–Trinajstić information content (AvgIpc) is 3.55. The molecule has 170 valence electrons. The topological polar surface area (TPSA) is 126 Å². The van der Waals surface area contributed by atoms with Crippen molar-refractivity contribution in [1.29, 1.82) is 0 Å². The number of rotatable bonds is 9. The number of hydrogen-bond acceptors (Lipinski definition) is 8. The van der Waals surface area contributed by atoms with Crippen LogP contribution in [0.5, 0.6) is 17.2 Å². The molecular formula is C22H24N2O8. The van der Waals surface area contributed by atoms with Crippen molar-refractivity contribution in [3.05, 3.63) is 52.1 Å². The second-order valence-corrected chi connectivity index (χ2v) is 7.14. The third kappa shape index (κ3) is 3.91. The summed E-state index contributed by atoms with van der Waals surface area (Å²) in [6.07, 6.45) is 0.164. The molecule has 2 aromatic rings. The minimum atomic E-state index is -1.54. The molecule has 0 aromatic heterocycles. The van der Waals surface area contributed by atoms with Crippen molar-refractivity contribution in [2.75, 3.05) is 33.3 Å². The van der Waals surface area contributed by atoms with Crippen LogP contribution in [0.3, 0.4) is 0 Å². The van der Waals surface area contributed by atoms with Gasteiger partial charge in [-0.2, -0.15) is 0 Å². The Labute approximate surface area is 184 Å². The molecule has 0 heterocycles. The molecule has 3 rings (SSSR count). The zero-order chi connectivity index (χ0) is 23.5. The van der Waals surface area contributed by atoms with Crippen LogP contribution in [0.1, 0.15) is 24.8 Å². The quantitative estimate of drug-likeness (QED) is 0.270. The molecule has 10 heteroatoms. The molecule has 1 N–H and O–H groups in total. The number of hydrogen-bond donors (Lipinski definition) is 1. The molecule has 0 spiro atoms. The third-order valence-electron chi connectivity index (χ3n) is 5.44. The molecule has 0 aliphatic heterocycles. The summed E-state index contributed by atoms with van der Waals surface area (Å²) in [6, 6.07) is 9.08. The SMILES string of the molecule is CCOC(=O)[C@]1(C(=O)Nc2ccccc2[N+](=O)[O-])C[C@H]1c1cc(OC)c(OC)c(OC)c1. The highest BCUT2D eigenvalue weighted by atomic mass is 16.6. The van der Waals surface area contributed by atoms with Gasteiger partial charge in [0.1, 0.15) is 5.69 Å². The van der Waals surface area contributed by atoms with Crippen LogP contribution in [-0.4, -0.2) is 44.7 Å². The van der Waals surface area contributed by atoms with E-state index in [1.807, 2.05) is 0 Å². The van der Waals surface area contributed by atoms with Gasteiger partial charge in [0.2, 0.25) is 11.7 Å². The van der Waals surface area contributed by atoms with Crippen molar-refractivity contribution in [2.45, 2.75) is 19.3 Å².